The van der Waals surface area contributed by atoms with Crippen LogP contribution in [-0.4, -0.2) is 16.2 Å². The molecule has 120 valence electrons. The quantitative estimate of drug-likeness (QED) is 0.678. The van der Waals surface area contributed by atoms with Crippen LogP contribution in [0.15, 0.2) is 48.5 Å². The third-order valence-corrected chi connectivity index (χ3v) is 4.04. The number of aryl methyl sites for hydroxylation is 2. The van der Waals surface area contributed by atoms with Gasteiger partial charge in [0.1, 0.15) is 11.6 Å². The Hall–Kier alpha value is -2.33. The first-order valence-corrected chi connectivity index (χ1v) is 8.12. The van der Waals surface area contributed by atoms with Crippen molar-refractivity contribution in [3.63, 3.8) is 0 Å². The number of unbranched alkanes of at least 4 members (excludes halogenated alkanes) is 1. The fourth-order valence-corrected chi connectivity index (χ4v) is 2.80. The predicted molar refractivity (Wildman–Crippen MR) is 93.5 cm³/mol. The van der Waals surface area contributed by atoms with E-state index in [1.807, 2.05) is 36.4 Å². The second-order valence-corrected chi connectivity index (χ2v) is 5.69. The lowest BCUT2D eigenvalue weighted by atomic mass is 10.2. The number of ether oxygens (including phenoxy) is 1. The normalized spacial score (nSPS) is 11.0. The average molecular weight is 309 g/mol. The molecule has 23 heavy (non-hydrogen) atoms. The van der Waals surface area contributed by atoms with E-state index in [4.69, 9.17) is 10.5 Å². The van der Waals surface area contributed by atoms with Gasteiger partial charge in [-0.1, -0.05) is 30.3 Å². The molecule has 2 N–H and O–H groups in total. The molecule has 0 aliphatic heterocycles. The number of hydrogen-bond donors (Lipinski definition) is 1. The van der Waals surface area contributed by atoms with Crippen molar-refractivity contribution in [2.45, 2.75) is 32.9 Å². The number of nitrogens with zero attached hydrogens (tertiary/aromatic N) is 2. The Morgan fingerprint density at radius 2 is 1.83 bits per heavy atom. The standard InChI is InChI=1S/C19H23N3O/c1-15-8-2-5-11-18(15)23-13-7-6-12-22-17-10-4-3-9-16(17)21-19(22)14-20/h2-5,8-11H,6-7,12-14,20H2,1H3. The van der Waals surface area contributed by atoms with E-state index in [1.165, 1.54) is 5.56 Å². The monoisotopic (exact) mass is 309 g/mol. The van der Waals surface area contributed by atoms with E-state index in [9.17, 15) is 0 Å². The smallest absolute Gasteiger partial charge is 0.123 e. The van der Waals surface area contributed by atoms with Gasteiger partial charge in [0.05, 0.1) is 24.2 Å². The van der Waals surface area contributed by atoms with Crippen LogP contribution in [0.25, 0.3) is 11.0 Å². The summed E-state index contributed by atoms with van der Waals surface area (Å²) in [7, 11) is 0. The topological polar surface area (TPSA) is 53.1 Å². The van der Waals surface area contributed by atoms with Gasteiger partial charge in [0.25, 0.3) is 0 Å². The molecule has 1 heterocycles. The molecule has 0 fully saturated rings. The molecule has 3 aromatic rings. The van der Waals surface area contributed by atoms with E-state index in [0.717, 1.165) is 48.6 Å². The minimum Gasteiger partial charge on any atom is -0.493 e. The molecule has 0 spiro atoms. The largest absolute Gasteiger partial charge is 0.493 e. The van der Waals surface area contributed by atoms with Gasteiger partial charge in [0.15, 0.2) is 0 Å². The van der Waals surface area contributed by atoms with Crippen molar-refractivity contribution in [3.05, 3.63) is 59.9 Å². The zero-order valence-corrected chi connectivity index (χ0v) is 13.5. The Bertz CT molecular complexity index is 779. The molecule has 0 atom stereocenters. The first kappa shape index (κ1) is 15.6. The Kier molecular flexibility index (Phi) is 4.93. The molecule has 0 radical (unpaired) electrons. The summed E-state index contributed by atoms with van der Waals surface area (Å²) < 4.78 is 8.08. The van der Waals surface area contributed by atoms with Gasteiger partial charge in [-0.05, 0) is 43.5 Å². The lowest BCUT2D eigenvalue weighted by molar-refractivity contribution is 0.301. The number of rotatable bonds is 7. The highest BCUT2D eigenvalue weighted by Gasteiger charge is 2.08. The zero-order valence-electron chi connectivity index (χ0n) is 13.5. The van der Waals surface area contributed by atoms with Gasteiger partial charge in [-0.2, -0.15) is 0 Å². The van der Waals surface area contributed by atoms with Gasteiger partial charge in [0, 0.05) is 6.54 Å². The first-order chi connectivity index (χ1) is 11.3. The van der Waals surface area contributed by atoms with E-state index in [1.54, 1.807) is 0 Å². The lowest BCUT2D eigenvalue weighted by Crippen LogP contribution is -2.09. The van der Waals surface area contributed by atoms with Crippen LogP contribution in [0, 0.1) is 6.92 Å². The number of aromatic nitrogens is 2. The van der Waals surface area contributed by atoms with Crippen molar-refractivity contribution in [2.75, 3.05) is 6.61 Å². The molecule has 1 aromatic heterocycles. The van der Waals surface area contributed by atoms with Gasteiger partial charge in [0.2, 0.25) is 0 Å². The van der Waals surface area contributed by atoms with Crippen molar-refractivity contribution in [1.82, 2.24) is 9.55 Å². The second-order valence-electron chi connectivity index (χ2n) is 5.69. The Labute approximate surface area is 136 Å². The molecule has 0 aliphatic rings. The number of fused-ring (bicyclic) bond motifs is 1. The molecule has 0 saturated heterocycles. The molecular weight excluding hydrogens is 286 g/mol. The molecule has 0 amide bonds. The van der Waals surface area contributed by atoms with Crippen molar-refractivity contribution in [3.8, 4) is 5.75 Å². The average Bonchev–Trinajstić information content (AvgIpc) is 2.94. The van der Waals surface area contributed by atoms with E-state index in [2.05, 4.69) is 28.6 Å². The Balaban J connectivity index is 1.56. The Morgan fingerprint density at radius 1 is 1.04 bits per heavy atom. The number of para-hydroxylation sites is 3. The lowest BCUT2D eigenvalue weighted by Gasteiger charge is -2.10. The third kappa shape index (κ3) is 3.54. The van der Waals surface area contributed by atoms with Crippen molar-refractivity contribution in [2.24, 2.45) is 5.73 Å². The van der Waals surface area contributed by atoms with Crippen LogP contribution in [0.4, 0.5) is 0 Å². The van der Waals surface area contributed by atoms with Gasteiger partial charge in [-0.25, -0.2) is 4.98 Å². The highest BCUT2D eigenvalue weighted by atomic mass is 16.5. The molecule has 0 aliphatic carbocycles. The number of hydrogen-bond acceptors (Lipinski definition) is 3. The van der Waals surface area contributed by atoms with Crippen molar-refractivity contribution < 1.29 is 4.74 Å². The van der Waals surface area contributed by atoms with Crippen LogP contribution < -0.4 is 10.5 Å². The summed E-state index contributed by atoms with van der Waals surface area (Å²) in [6.07, 6.45) is 2.05. The summed E-state index contributed by atoms with van der Waals surface area (Å²) in [5.74, 6) is 1.93. The summed E-state index contributed by atoms with van der Waals surface area (Å²) in [4.78, 5) is 4.60. The van der Waals surface area contributed by atoms with E-state index in [0.29, 0.717) is 6.54 Å². The van der Waals surface area contributed by atoms with Gasteiger partial charge in [-0.15, -0.1) is 0 Å². The van der Waals surface area contributed by atoms with Crippen LogP contribution in [-0.2, 0) is 13.1 Å². The number of imidazole rings is 1. The maximum Gasteiger partial charge on any atom is 0.123 e. The maximum atomic E-state index is 5.85. The van der Waals surface area contributed by atoms with Crippen LogP contribution in [0.5, 0.6) is 5.75 Å². The highest BCUT2D eigenvalue weighted by molar-refractivity contribution is 5.75. The summed E-state index contributed by atoms with van der Waals surface area (Å²) in [6, 6.07) is 16.3. The SMILES string of the molecule is Cc1ccccc1OCCCCn1c(CN)nc2ccccc21. The van der Waals surface area contributed by atoms with Crippen LogP contribution in [0.3, 0.4) is 0 Å². The van der Waals surface area contributed by atoms with E-state index < -0.39 is 0 Å². The molecule has 4 nitrogen and oxygen atoms in total. The molecule has 2 aromatic carbocycles. The fraction of sp³-hybridized carbons (Fsp3) is 0.316. The summed E-state index contributed by atoms with van der Waals surface area (Å²) in [6.45, 7) is 4.19. The zero-order chi connectivity index (χ0) is 16.1. The van der Waals surface area contributed by atoms with Gasteiger partial charge in [-0.3, -0.25) is 0 Å². The molecule has 0 unspecified atom stereocenters. The molecular formula is C19H23N3O. The molecule has 4 heteroatoms. The number of benzene rings is 2. The molecule has 0 saturated carbocycles. The highest BCUT2D eigenvalue weighted by Crippen LogP contribution is 2.18. The van der Waals surface area contributed by atoms with E-state index in [-0.39, 0.29) is 0 Å². The van der Waals surface area contributed by atoms with Crippen molar-refractivity contribution in [1.29, 1.82) is 0 Å². The van der Waals surface area contributed by atoms with Crippen LogP contribution >= 0.6 is 0 Å². The third-order valence-electron chi connectivity index (χ3n) is 4.04. The number of nitrogens with two attached hydrogens (primary N) is 1. The maximum absolute atomic E-state index is 5.85. The fourth-order valence-electron chi connectivity index (χ4n) is 2.80. The van der Waals surface area contributed by atoms with Crippen LogP contribution in [0.1, 0.15) is 24.2 Å². The van der Waals surface area contributed by atoms with Crippen LogP contribution in [0.2, 0.25) is 0 Å². The molecule has 0 bridgehead atoms. The summed E-state index contributed by atoms with van der Waals surface area (Å²) in [5, 5.41) is 0. The Morgan fingerprint density at radius 3 is 2.65 bits per heavy atom. The minimum absolute atomic E-state index is 0.467. The van der Waals surface area contributed by atoms with Gasteiger partial charge >= 0.3 is 0 Å². The van der Waals surface area contributed by atoms with E-state index >= 15 is 0 Å². The summed E-state index contributed by atoms with van der Waals surface area (Å²) >= 11 is 0. The predicted octanol–water partition coefficient (Wildman–Crippen LogP) is 3.66. The second kappa shape index (κ2) is 7.29. The molecule has 3 rings (SSSR count). The first-order valence-electron chi connectivity index (χ1n) is 8.12. The summed E-state index contributed by atoms with van der Waals surface area (Å²) in [5.41, 5.74) is 9.19. The van der Waals surface area contributed by atoms with Gasteiger partial charge < -0.3 is 15.0 Å². The minimum atomic E-state index is 0.467. The van der Waals surface area contributed by atoms with Crippen molar-refractivity contribution >= 4 is 11.0 Å².